The summed E-state index contributed by atoms with van der Waals surface area (Å²) >= 11 is 6.53. The van der Waals surface area contributed by atoms with Gasteiger partial charge in [-0.05, 0) is 59.5 Å². The average molecular weight is 508 g/mol. The molecular formula is C28H30ClN3O4. The van der Waals surface area contributed by atoms with Crippen molar-refractivity contribution in [3.05, 3.63) is 88.4 Å². The smallest absolute Gasteiger partial charge is 0.254 e. The zero-order valence-electron chi connectivity index (χ0n) is 20.4. The topological polar surface area (TPSA) is 93.9 Å². The predicted molar refractivity (Wildman–Crippen MR) is 140 cm³/mol. The number of hydrogen-bond acceptors (Lipinski definition) is 5. The first kappa shape index (κ1) is 25.5. The number of halogens is 1. The van der Waals surface area contributed by atoms with E-state index in [9.17, 15) is 9.59 Å². The monoisotopic (exact) mass is 507 g/mol. The average Bonchev–Trinajstić information content (AvgIpc) is 3.33. The molecule has 3 aromatic carbocycles. The molecule has 0 aliphatic carbocycles. The maximum atomic E-state index is 13.6. The third kappa shape index (κ3) is 6.36. The number of fused-ring (bicyclic) bond motifs is 1. The van der Waals surface area contributed by atoms with Gasteiger partial charge < -0.3 is 25.4 Å². The molecule has 0 fully saturated rings. The Labute approximate surface area is 216 Å². The summed E-state index contributed by atoms with van der Waals surface area (Å²) in [5.74, 6) is 0.846. The molecule has 0 bridgehead atoms. The third-order valence-corrected chi connectivity index (χ3v) is 6.35. The fourth-order valence-electron chi connectivity index (χ4n) is 3.96. The lowest BCUT2D eigenvalue weighted by Gasteiger charge is -2.32. The highest BCUT2D eigenvalue weighted by atomic mass is 35.5. The quantitative estimate of drug-likeness (QED) is 0.430. The standard InChI is InChI=1S/C28H30ClN3O4/c1-28(2,16-30)17-32(27(34)20-8-11-24-25(14-20)36-18-35-24)15-21-13-22(9-10-23(21)29)31-26(33)12-19-6-4-3-5-7-19/h3-11,13-14H,12,15-18,30H2,1-2H3,(H,31,33). The second kappa shape index (κ2) is 11.0. The molecular weight excluding hydrogens is 478 g/mol. The van der Waals surface area contributed by atoms with E-state index in [-0.39, 0.29) is 37.0 Å². The summed E-state index contributed by atoms with van der Waals surface area (Å²) in [6.45, 7) is 5.22. The lowest BCUT2D eigenvalue weighted by atomic mass is 9.92. The van der Waals surface area contributed by atoms with Gasteiger partial charge in [0.1, 0.15) is 0 Å². The number of hydrogen-bond donors (Lipinski definition) is 2. The minimum atomic E-state index is -0.319. The van der Waals surface area contributed by atoms with Crippen LogP contribution in [0.25, 0.3) is 0 Å². The molecule has 3 aromatic rings. The van der Waals surface area contributed by atoms with E-state index in [1.54, 1.807) is 41.3 Å². The van der Waals surface area contributed by atoms with Gasteiger partial charge in [0.25, 0.3) is 5.91 Å². The zero-order chi connectivity index (χ0) is 25.7. The Morgan fingerprint density at radius 1 is 1.03 bits per heavy atom. The number of nitrogens with zero attached hydrogens (tertiary/aromatic N) is 1. The van der Waals surface area contributed by atoms with Gasteiger partial charge in [-0.15, -0.1) is 0 Å². The summed E-state index contributed by atoms with van der Waals surface area (Å²) in [7, 11) is 0. The van der Waals surface area contributed by atoms with Crippen LogP contribution in [0, 0.1) is 5.41 Å². The maximum absolute atomic E-state index is 13.6. The number of anilines is 1. The van der Waals surface area contributed by atoms with Crippen LogP contribution in [0.4, 0.5) is 5.69 Å². The Balaban J connectivity index is 1.55. The molecule has 0 aromatic heterocycles. The minimum absolute atomic E-state index is 0.132. The molecule has 2 amide bonds. The summed E-state index contributed by atoms with van der Waals surface area (Å²) in [6.07, 6.45) is 0.262. The number of carbonyl (C=O) groups excluding carboxylic acids is 2. The molecule has 36 heavy (non-hydrogen) atoms. The van der Waals surface area contributed by atoms with Crippen molar-refractivity contribution in [1.82, 2.24) is 4.90 Å². The lowest BCUT2D eigenvalue weighted by molar-refractivity contribution is -0.115. The molecule has 0 saturated carbocycles. The maximum Gasteiger partial charge on any atom is 0.254 e. The van der Waals surface area contributed by atoms with Gasteiger partial charge in [0.2, 0.25) is 12.7 Å². The van der Waals surface area contributed by atoms with Crippen molar-refractivity contribution in [2.75, 3.05) is 25.2 Å². The van der Waals surface area contributed by atoms with Crippen molar-refractivity contribution in [2.24, 2.45) is 11.1 Å². The summed E-state index contributed by atoms with van der Waals surface area (Å²) in [5, 5.41) is 3.43. The van der Waals surface area contributed by atoms with Gasteiger partial charge >= 0.3 is 0 Å². The fourth-order valence-corrected chi connectivity index (χ4v) is 4.14. The van der Waals surface area contributed by atoms with Crippen molar-refractivity contribution in [2.45, 2.75) is 26.8 Å². The van der Waals surface area contributed by atoms with Crippen LogP contribution in [0.2, 0.25) is 5.02 Å². The Kier molecular flexibility index (Phi) is 7.82. The van der Waals surface area contributed by atoms with Crippen molar-refractivity contribution < 1.29 is 19.1 Å². The van der Waals surface area contributed by atoms with Crippen molar-refractivity contribution in [1.29, 1.82) is 0 Å². The van der Waals surface area contributed by atoms with Crippen LogP contribution in [0.1, 0.15) is 35.3 Å². The van der Waals surface area contributed by atoms with Gasteiger partial charge in [-0.25, -0.2) is 0 Å². The molecule has 0 atom stereocenters. The first-order valence-corrected chi connectivity index (χ1v) is 12.1. The molecule has 7 nitrogen and oxygen atoms in total. The fraction of sp³-hybridized carbons (Fsp3) is 0.286. The van der Waals surface area contributed by atoms with Gasteiger partial charge in [-0.2, -0.15) is 0 Å². The van der Waals surface area contributed by atoms with Crippen LogP contribution < -0.4 is 20.5 Å². The largest absolute Gasteiger partial charge is 0.454 e. The van der Waals surface area contributed by atoms with Gasteiger partial charge in [-0.3, -0.25) is 9.59 Å². The molecule has 8 heteroatoms. The molecule has 3 N–H and O–H groups in total. The number of nitrogens with two attached hydrogens (primary N) is 1. The van der Waals surface area contributed by atoms with Crippen LogP contribution in [-0.4, -0.2) is 36.6 Å². The number of ether oxygens (including phenoxy) is 2. The number of amides is 2. The normalized spacial score (nSPS) is 12.3. The van der Waals surface area contributed by atoms with E-state index >= 15 is 0 Å². The molecule has 0 spiro atoms. The SMILES string of the molecule is CC(C)(CN)CN(Cc1cc(NC(=O)Cc2ccccc2)ccc1Cl)C(=O)c1ccc2c(c1)OCO2. The van der Waals surface area contributed by atoms with E-state index in [2.05, 4.69) is 5.32 Å². The number of rotatable bonds is 9. The van der Waals surface area contributed by atoms with Crippen LogP contribution in [0.3, 0.4) is 0 Å². The summed E-state index contributed by atoms with van der Waals surface area (Å²) in [5.41, 5.74) is 8.41. The van der Waals surface area contributed by atoms with Crippen molar-refractivity contribution in [3.8, 4) is 11.5 Å². The Hall–Kier alpha value is -3.55. The molecule has 0 unspecified atom stereocenters. The first-order valence-electron chi connectivity index (χ1n) is 11.8. The van der Waals surface area contributed by atoms with Crippen LogP contribution >= 0.6 is 11.6 Å². The molecule has 0 saturated heterocycles. The van der Waals surface area contributed by atoms with E-state index in [0.717, 1.165) is 11.1 Å². The number of carbonyl (C=O) groups is 2. The van der Waals surface area contributed by atoms with Crippen molar-refractivity contribution >= 4 is 29.1 Å². The van der Waals surface area contributed by atoms with E-state index in [1.165, 1.54) is 0 Å². The Morgan fingerprint density at radius 2 is 1.78 bits per heavy atom. The predicted octanol–water partition coefficient (Wildman–Crippen LogP) is 4.88. The minimum Gasteiger partial charge on any atom is -0.454 e. The van der Waals surface area contributed by atoms with Crippen LogP contribution in [0.15, 0.2) is 66.7 Å². The van der Waals surface area contributed by atoms with Gasteiger partial charge in [0.15, 0.2) is 11.5 Å². The Bertz CT molecular complexity index is 1250. The van der Waals surface area contributed by atoms with Crippen LogP contribution in [-0.2, 0) is 17.8 Å². The van der Waals surface area contributed by atoms with Gasteiger partial charge in [0, 0.05) is 29.4 Å². The van der Waals surface area contributed by atoms with E-state index < -0.39 is 0 Å². The lowest BCUT2D eigenvalue weighted by Crippen LogP contribution is -2.41. The molecule has 1 aliphatic heterocycles. The highest BCUT2D eigenvalue weighted by molar-refractivity contribution is 6.31. The first-order chi connectivity index (χ1) is 17.2. The van der Waals surface area contributed by atoms with E-state index in [0.29, 0.717) is 40.9 Å². The molecule has 188 valence electrons. The molecule has 0 radical (unpaired) electrons. The second-order valence-corrected chi connectivity index (χ2v) is 10.0. The third-order valence-electron chi connectivity index (χ3n) is 5.98. The zero-order valence-corrected chi connectivity index (χ0v) is 21.2. The van der Waals surface area contributed by atoms with Crippen LogP contribution in [0.5, 0.6) is 11.5 Å². The highest BCUT2D eigenvalue weighted by Gasteiger charge is 2.27. The molecule has 1 aliphatic rings. The number of nitrogens with one attached hydrogen (secondary N) is 1. The summed E-state index contributed by atoms with van der Waals surface area (Å²) in [6, 6.07) is 20.0. The van der Waals surface area contributed by atoms with Crippen molar-refractivity contribution in [3.63, 3.8) is 0 Å². The molecule has 4 rings (SSSR count). The highest BCUT2D eigenvalue weighted by Crippen LogP contribution is 2.33. The Morgan fingerprint density at radius 3 is 2.53 bits per heavy atom. The number of benzene rings is 3. The second-order valence-electron chi connectivity index (χ2n) is 9.61. The summed E-state index contributed by atoms with van der Waals surface area (Å²) in [4.78, 5) is 27.9. The van der Waals surface area contributed by atoms with Gasteiger partial charge in [0.05, 0.1) is 6.42 Å². The molecule has 1 heterocycles. The summed E-state index contributed by atoms with van der Waals surface area (Å²) < 4.78 is 10.8. The van der Waals surface area contributed by atoms with E-state index in [1.807, 2.05) is 44.2 Å². The van der Waals surface area contributed by atoms with Gasteiger partial charge in [-0.1, -0.05) is 55.8 Å². The van der Waals surface area contributed by atoms with E-state index in [4.69, 9.17) is 26.8 Å².